The van der Waals surface area contributed by atoms with Crippen molar-refractivity contribution in [1.29, 1.82) is 0 Å². The number of ether oxygens (including phenoxy) is 1. The lowest BCUT2D eigenvalue weighted by Gasteiger charge is -2.28. The number of carbonyl (C=O) groups is 1. The summed E-state index contributed by atoms with van der Waals surface area (Å²) < 4.78 is 4.63. The fraction of sp³-hybridized carbons (Fsp3) is 0.750. The van der Waals surface area contributed by atoms with E-state index < -0.39 is 0 Å². The number of hydrogen-bond acceptors (Lipinski definition) is 2. The molecule has 2 atom stereocenters. The maximum Gasteiger partial charge on any atom is 0.305 e. The van der Waals surface area contributed by atoms with E-state index in [-0.39, 0.29) is 5.97 Å². The first-order chi connectivity index (χ1) is 6.61. The van der Waals surface area contributed by atoms with Crippen molar-refractivity contribution in [2.45, 2.75) is 39.0 Å². The second kappa shape index (κ2) is 5.18. The molecule has 0 N–H and O–H groups in total. The Bertz CT molecular complexity index is 220. The summed E-state index contributed by atoms with van der Waals surface area (Å²) in [6.45, 7) is 6.31. The first-order valence-electron chi connectivity index (χ1n) is 5.35. The van der Waals surface area contributed by atoms with Crippen LogP contribution in [-0.4, -0.2) is 13.1 Å². The molecule has 1 aliphatic rings. The smallest absolute Gasteiger partial charge is 0.305 e. The van der Waals surface area contributed by atoms with Gasteiger partial charge in [0, 0.05) is 6.42 Å². The van der Waals surface area contributed by atoms with Crippen LogP contribution in [-0.2, 0) is 9.53 Å². The molecule has 0 aromatic heterocycles. The average molecular weight is 196 g/mol. The van der Waals surface area contributed by atoms with Crippen molar-refractivity contribution in [2.75, 3.05) is 7.11 Å². The van der Waals surface area contributed by atoms with Crippen LogP contribution in [0.15, 0.2) is 12.2 Å². The summed E-state index contributed by atoms with van der Waals surface area (Å²) in [7, 11) is 1.45. The van der Waals surface area contributed by atoms with Gasteiger partial charge in [0.15, 0.2) is 0 Å². The fourth-order valence-corrected chi connectivity index (χ4v) is 2.36. The zero-order valence-corrected chi connectivity index (χ0v) is 9.21. The van der Waals surface area contributed by atoms with E-state index in [4.69, 9.17) is 0 Å². The first-order valence-corrected chi connectivity index (χ1v) is 5.35. The summed E-state index contributed by atoms with van der Waals surface area (Å²) in [5, 5.41) is 0. The normalized spacial score (nSPS) is 27.4. The first kappa shape index (κ1) is 11.3. The van der Waals surface area contributed by atoms with Crippen molar-refractivity contribution in [3.63, 3.8) is 0 Å². The summed E-state index contributed by atoms with van der Waals surface area (Å²) in [6, 6.07) is 0. The predicted octanol–water partition coefficient (Wildman–Crippen LogP) is 2.93. The van der Waals surface area contributed by atoms with E-state index in [0.29, 0.717) is 12.3 Å². The Kier molecular flexibility index (Phi) is 4.18. The van der Waals surface area contributed by atoms with E-state index >= 15 is 0 Å². The Labute approximate surface area is 86.3 Å². The molecule has 0 spiro atoms. The lowest BCUT2D eigenvalue weighted by atomic mass is 9.78. The van der Waals surface area contributed by atoms with Gasteiger partial charge in [-0.05, 0) is 37.5 Å². The van der Waals surface area contributed by atoms with E-state index in [1.807, 2.05) is 0 Å². The Morgan fingerprint density at radius 1 is 1.57 bits per heavy atom. The van der Waals surface area contributed by atoms with Gasteiger partial charge in [-0.3, -0.25) is 4.79 Å². The van der Waals surface area contributed by atoms with Crippen molar-refractivity contribution in [2.24, 2.45) is 11.8 Å². The summed E-state index contributed by atoms with van der Waals surface area (Å²) in [4.78, 5) is 11.0. The maximum atomic E-state index is 11.0. The highest BCUT2D eigenvalue weighted by Gasteiger charge is 2.21. The van der Waals surface area contributed by atoms with Gasteiger partial charge in [-0.25, -0.2) is 0 Å². The van der Waals surface area contributed by atoms with Crippen LogP contribution in [0.3, 0.4) is 0 Å². The minimum absolute atomic E-state index is 0.0890. The number of hydrogen-bond donors (Lipinski definition) is 0. The van der Waals surface area contributed by atoms with E-state index in [1.54, 1.807) is 0 Å². The molecule has 0 aromatic rings. The van der Waals surface area contributed by atoms with Crippen molar-refractivity contribution in [1.82, 2.24) is 0 Å². The Morgan fingerprint density at radius 3 is 2.86 bits per heavy atom. The summed E-state index contributed by atoms with van der Waals surface area (Å²) in [5.41, 5.74) is 1.35. The molecule has 0 heterocycles. The molecule has 0 radical (unpaired) electrons. The van der Waals surface area contributed by atoms with Gasteiger partial charge >= 0.3 is 5.97 Å². The number of esters is 1. The summed E-state index contributed by atoms with van der Waals surface area (Å²) in [6.07, 6.45) is 5.00. The SMILES string of the molecule is C=C1CC(C)CC(CCC(=O)OC)C1. The van der Waals surface area contributed by atoms with Crippen molar-refractivity contribution in [3.8, 4) is 0 Å². The molecule has 2 nitrogen and oxygen atoms in total. The van der Waals surface area contributed by atoms with Crippen molar-refractivity contribution in [3.05, 3.63) is 12.2 Å². The van der Waals surface area contributed by atoms with Crippen molar-refractivity contribution >= 4 is 5.97 Å². The van der Waals surface area contributed by atoms with Gasteiger partial charge in [-0.1, -0.05) is 19.1 Å². The molecule has 1 aliphatic carbocycles. The number of allylic oxidation sites excluding steroid dienone is 1. The third-order valence-electron chi connectivity index (χ3n) is 2.93. The van der Waals surface area contributed by atoms with Gasteiger partial charge in [0.1, 0.15) is 0 Å². The minimum atomic E-state index is -0.0890. The third kappa shape index (κ3) is 3.52. The van der Waals surface area contributed by atoms with Gasteiger partial charge in [0.25, 0.3) is 0 Å². The highest BCUT2D eigenvalue weighted by Crippen LogP contribution is 2.34. The van der Waals surface area contributed by atoms with Crippen LogP contribution in [0.1, 0.15) is 39.0 Å². The number of rotatable bonds is 3. The molecule has 0 saturated heterocycles. The van der Waals surface area contributed by atoms with Crippen LogP contribution >= 0.6 is 0 Å². The van der Waals surface area contributed by atoms with Crippen LogP contribution in [0.25, 0.3) is 0 Å². The molecule has 2 heteroatoms. The van der Waals surface area contributed by atoms with E-state index in [9.17, 15) is 4.79 Å². The lowest BCUT2D eigenvalue weighted by Crippen LogP contribution is -2.16. The van der Waals surface area contributed by atoms with Crippen LogP contribution in [0.5, 0.6) is 0 Å². The van der Waals surface area contributed by atoms with Crippen LogP contribution in [0.2, 0.25) is 0 Å². The van der Waals surface area contributed by atoms with Gasteiger partial charge < -0.3 is 4.74 Å². The van der Waals surface area contributed by atoms with E-state index in [2.05, 4.69) is 18.2 Å². The molecule has 1 saturated carbocycles. The average Bonchev–Trinajstić information content (AvgIpc) is 2.12. The molecular weight excluding hydrogens is 176 g/mol. The molecule has 0 amide bonds. The molecule has 1 rings (SSSR count). The Balaban J connectivity index is 2.30. The van der Waals surface area contributed by atoms with Gasteiger partial charge in [0.2, 0.25) is 0 Å². The van der Waals surface area contributed by atoms with Crippen LogP contribution < -0.4 is 0 Å². The number of carbonyl (C=O) groups excluding carboxylic acids is 1. The Morgan fingerprint density at radius 2 is 2.29 bits per heavy atom. The highest BCUT2D eigenvalue weighted by atomic mass is 16.5. The van der Waals surface area contributed by atoms with E-state index in [0.717, 1.165) is 25.2 Å². The standard InChI is InChI=1S/C12H20O2/c1-9-6-10(2)8-11(7-9)4-5-12(13)14-3/h10-11H,1,4-8H2,2-3H3. The predicted molar refractivity (Wildman–Crippen MR) is 56.9 cm³/mol. The molecule has 1 fully saturated rings. The number of methoxy groups -OCH3 is 1. The molecule has 2 unspecified atom stereocenters. The largest absolute Gasteiger partial charge is 0.469 e. The Hall–Kier alpha value is -0.790. The molecule has 14 heavy (non-hydrogen) atoms. The molecule has 80 valence electrons. The highest BCUT2D eigenvalue weighted by molar-refractivity contribution is 5.69. The molecule has 0 bridgehead atoms. The molecule has 0 aliphatic heterocycles. The van der Waals surface area contributed by atoms with Crippen LogP contribution in [0, 0.1) is 11.8 Å². The van der Waals surface area contributed by atoms with Crippen molar-refractivity contribution < 1.29 is 9.53 Å². The van der Waals surface area contributed by atoms with Gasteiger partial charge in [0.05, 0.1) is 7.11 Å². The second-order valence-corrected chi connectivity index (χ2v) is 4.48. The third-order valence-corrected chi connectivity index (χ3v) is 2.93. The van der Waals surface area contributed by atoms with Crippen LogP contribution in [0.4, 0.5) is 0 Å². The molecule has 0 aromatic carbocycles. The monoisotopic (exact) mass is 196 g/mol. The van der Waals surface area contributed by atoms with E-state index in [1.165, 1.54) is 19.1 Å². The fourth-order valence-electron chi connectivity index (χ4n) is 2.36. The summed E-state index contributed by atoms with van der Waals surface area (Å²) >= 11 is 0. The summed E-state index contributed by atoms with van der Waals surface area (Å²) in [5.74, 6) is 1.29. The lowest BCUT2D eigenvalue weighted by molar-refractivity contribution is -0.141. The zero-order valence-electron chi connectivity index (χ0n) is 9.21. The topological polar surface area (TPSA) is 26.3 Å². The molecular formula is C12H20O2. The van der Waals surface area contributed by atoms with Gasteiger partial charge in [-0.15, -0.1) is 0 Å². The quantitative estimate of drug-likeness (QED) is 0.512. The second-order valence-electron chi connectivity index (χ2n) is 4.48. The van der Waals surface area contributed by atoms with Gasteiger partial charge in [-0.2, -0.15) is 0 Å². The minimum Gasteiger partial charge on any atom is -0.469 e. The zero-order chi connectivity index (χ0) is 10.6. The maximum absolute atomic E-state index is 11.0.